The quantitative estimate of drug-likeness (QED) is 0.0367. The van der Waals surface area contributed by atoms with Crippen LogP contribution in [0, 0.1) is 11.8 Å². The Labute approximate surface area is 376 Å². The van der Waals surface area contributed by atoms with Gasteiger partial charge in [0.15, 0.2) is 12.4 Å². The van der Waals surface area contributed by atoms with Gasteiger partial charge in [0.25, 0.3) is 0 Å². The summed E-state index contributed by atoms with van der Waals surface area (Å²) < 4.78 is 2.05. The molecule has 0 atom stereocenters. The van der Waals surface area contributed by atoms with Crippen LogP contribution in [0.5, 0.6) is 0 Å². The Hall–Kier alpha value is -2.27. The zero-order valence-corrected chi connectivity index (χ0v) is 40.7. The second kappa shape index (κ2) is 42.1. The van der Waals surface area contributed by atoms with Gasteiger partial charge in [0.1, 0.15) is 7.05 Å². The van der Waals surface area contributed by atoms with E-state index in [0.29, 0.717) is 0 Å². The summed E-state index contributed by atoms with van der Waals surface area (Å²) >= 11 is 0. The van der Waals surface area contributed by atoms with Crippen molar-refractivity contribution in [1.82, 2.24) is 0 Å². The summed E-state index contributed by atoms with van der Waals surface area (Å²) in [4.78, 5) is 2.68. The van der Waals surface area contributed by atoms with E-state index in [1.165, 1.54) is 276 Å². The number of hydrogen-bond acceptors (Lipinski definition) is 1. The molecule has 0 bridgehead atoms. The van der Waals surface area contributed by atoms with Gasteiger partial charge < -0.3 is 4.90 Å². The Balaban J connectivity index is 1.55. The molecule has 0 fully saturated rings. The van der Waals surface area contributed by atoms with Crippen LogP contribution in [0.1, 0.15) is 282 Å². The van der Waals surface area contributed by atoms with Crippen molar-refractivity contribution in [3.05, 3.63) is 59.9 Å². The van der Waals surface area contributed by atoms with Gasteiger partial charge in [-0.1, -0.05) is 270 Å². The highest BCUT2D eigenvalue weighted by atomic mass is 15.1. The molecule has 342 valence electrons. The largest absolute Gasteiger partial charge is 0.372 e. The summed E-state index contributed by atoms with van der Waals surface area (Å²) in [5, 5.41) is 0. The molecule has 0 saturated carbocycles. The number of benzene rings is 1. The maximum absolute atomic E-state index is 3.38. The van der Waals surface area contributed by atoms with E-state index in [-0.39, 0.29) is 0 Å². The molecule has 0 radical (unpaired) electrons. The summed E-state index contributed by atoms with van der Waals surface area (Å²) in [6.07, 6.45) is 61.7. The molecule has 60 heavy (non-hydrogen) atoms. The van der Waals surface area contributed by atoms with Crippen LogP contribution in [0.15, 0.2) is 48.8 Å². The first-order valence-electron chi connectivity index (χ1n) is 27.0. The molecular formula is C58H101N2+. The van der Waals surface area contributed by atoms with Gasteiger partial charge in [-0.3, -0.25) is 0 Å². The van der Waals surface area contributed by atoms with Crippen LogP contribution in [0.3, 0.4) is 0 Å². The number of aryl methyl sites for hydroxylation is 1. The summed E-state index contributed by atoms with van der Waals surface area (Å²) in [6.45, 7) is 6.99. The van der Waals surface area contributed by atoms with Crippen LogP contribution in [0.25, 0.3) is 0 Å². The number of unbranched alkanes of at least 4 members (excludes halogenated alkanes) is 38. The smallest absolute Gasteiger partial charge is 0.169 e. The molecule has 0 spiro atoms. The Kier molecular flexibility index (Phi) is 37.8. The molecule has 0 aliphatic carbocycles. The van der Waals surface area contributed by atoms with Crippen LogP contribution in [0.4, 0.5) is 5.69 Å². The summed E-state index contributed by atoms with van der Waals surface area (Å²) in [6, 6.07) is 13.3. The van der Waals surface area contributed by atoms with E-state index < -0.39 is 0 Å². The van der Waals surface area contributed by atoms with E-state index in [4.69, 9.17) is 0 Å². The molecule has 1 aromatic heterocycles. The van der Waals surface area contributed by atoms with E-state index in [1.807, 2.05) is 7.05 Å². The molecule has 2 rings (SSSR count). The van der Waals surface area contributed by atoms with Gasteiger partial charge in [-0.05, 0) is 37.1 Å². The molecule has 1 heterocycles. The first-order chi connectivity index (χ1) is 29.7. The second-order valence-corrected chi connectivity index (χ2v) is 19.0. The molecule has 0 N–H and O–H groups in total. The van der Waals surface area contributed by atoms with Gasteiger partial charge in [0.2, 0.25) is 0 Å². The molecule has 0 amide bonds. The maximum Gasteiger partial charge on any atom is 0.169 e. The SMILES string of the molecule is CCCCCCCCCCCCCCCCCCCCCCN(CCCCCCCCCCCCCCCCCCCCCC)c1ccc(C#Cc2cc[n+](C)cc2)cc1. The fraction of sp³-hybridized carbons (Fsp3) is 0.776. The number of rotatable bonds is 43. The van der Waals surface area contributed by atoms with Crippen LogP contribution < -0.4 is 9.47 Å². The minimum Gasteiger partial charge on any atom is -0.372 e. The zero-order valence-electron chi connectivity index (χ0n) is 40.7. The van der Waals surface area contributed by atoms with Crippen LogP contribution >= 0.6 is 0 Å². The van der Waals surface area contributed by atoms with Gasteiger partial charge in [0, 0.05) is 42.0 Å². The predicted molar refractivity (Wildman–Crippen MR) is 268 cm³/mol. The average molecular weight is 826 g/mol. The lowest BCUT2D eigenvalue weighted by Gasteiger charge is -2.25. The monoisotopic (exact) mass is 826 g/mol. The van der Waals surface area contributed by atoms with E-state index in [2.05, 4.69) is 83.9 Å². The fourth-order valence-corrected chi connectivity index (χ4v) is 8.97. The highest BCUT2D eigenvalue weighted by Crippen LogP contribution is 2.20. The van der Waals surface area contributed by atoms with Crippen molar-refractivity contribution < 1.29 is 4.57 Å². The highest BCUT2D eigenvalue weighted by molar-refractivity contribution is 5.51. The topological polar surface area (TPSA) is 7.12 Å². The van der Waals surface area contributed by atoms with Crippen molar-refractivity contribution in [2.75, 3.05) is 18.0 Å². The lowest BCUT2D eigenvalue weighted by atomic mass is 10.0. The van der Waals surface area contributed by atoms with Crippen LogP contribution in [0.2, 0.25) is 0 Å². The molecular weight excluding hydrogens is 725 g/mol. The molecule has 2 heteroatoms. The Morgan fingerprint density at radius 1 is 0.317 bits per heavy atom. The van der Waals surface area contributed by atoms with Crippen molar-refractivity contribution >= 4 is 5.69 Å². The number of anilines is 1. The van der Waals surface area contributed by atoms with E-state index >= 15 is 0 Å². The van der Waals surface area contributed by atoms with Crippen molar-refractivity contribution in [3.8, 4) is 11.8 Å². The van der Waals surface area contributed by atoms with Gasteiger partial charge in [-0.25, -0.2) is 4.57 Å². The molecule has 2 nitrogen and oxygen atoms in total. The molecule has 1 aromatic carbocycles. The van der Waals surface area contributed by atoms with E-state index in [0.717, 1.165) is 11.1 Å². The number of pyridine rings is 1. The van der Waals surface area contributed by atoms with Crippen molar-refractivity contribution in [3.63, 3.8) is 0 Å². The van der Waals surface area contributed by atoms with Gasteiger partial charge in [-0.15, -0.1) is 0 Å². The third-order valence-electron chi connectivity index (χ3n) is 13.1. The zero-order chi connectivity index (χ0) is 42.7. The Bertz CT molecular complexity index is 1180. The van der Waals surface area contributed by atoms with Crippen LogP contribution in [-0.4, -0.2) is 13.1 Å². The lowest BCUT2D eigenvalue weighted by Crippen LogP contribution is -2.25. The fourth-order valence-electron chi connectivity index (χ4n) is 8.97. The molecule has 0 aliphatic rings. The van der Waals surface area contributed by atoms with E-state index in [9.17, 15) is 0 Å². The minimum absolute atomic E-state index is 1.07. The molecule has 0 aliphatic heterocycles. The summed E-state index contributed by atoms with van der Waals surface area (Å²) in [5.74, 6) is 6.73. The number of aromatic nitrogens is 1. The Morgan fingerprint density at radius 2 is 0.550 bits per heavy atom. The standard InChI is InChI=1S/C58H101N2/c1-4-6-8-10-12-14-16-18-20-22-24-26-28-30-32-34-36-38-40-42-52-60(58-48-46-56(47-49-58)44-45-57-50-54-59(3)55-51-57)53-43-41-39-37-35-33-31-29-27-25-23-21-19-17-15-13-11-9-7-5-2/h46-51,54-55H,4-43,52-53H2,1-3H3/q+1. The third kappa shape index (κ3) is 33.4. The first-order valence-corrected chi connectivity index (χ1v) is 27.0. The van der Waals surface area contributed by atoms with Crippen molar-refractivity contribution in [2.45, 2.75) is 271 Å². The second-order valence-electron chi connectivity index (χ2n) is 19.0. The molecule has 0 saturated heterocycles. The first kappa shape index (κ1) is 53.9. The molecule has 0 unspecified atom stereocenters. The summed E-state index contributed by atoms with van der Waals surface area (Å²) in [7, 11) is 2.05. The predicted octanol–water partition coefficient (Wildman–Crippen LogP) is 18.4. The maximum atomic E-state index is 3.38. The minimum atomic E-state index is 1.07. The van der Waals surface area contributed by atoms with Gasteiger partial charge >= 0.3 is 0 Å². The van der Waals surface area contributed by atoms with Crippen LogP contribution in [-0.2, 0) is 7.05 Å². The highest BCUT2D eigenvalue weighted by Gasteiger charge is 2.07. The number of nitrogens with zero attached hydrogens (tertiary/aromatic N) is 2. The normalized spacial score (nSPS) is 11.2. The average Bonchev–Trinajstić information content (AvgIpc) is 3.27. The van der Waals surface area contributed by atoms with Crippen molar-refractivity contribution in [2.24, 2.45) is 7.05 Å². The van der Waals surface area contributed by atoms with Gasteiger partial charge in [-0.2, -0.15) is 0 Å². The summed E-state index contributed by atoms with van der Waals surface area (Å²) in [5.41, 5.74) is 3.55. The Morgan fingerprint density at radius 3 is 0.817 bits per heavy atom. The van der Waals surface area contributed by atoms with Gasteiger partial charge in [0.05, 0.1) is 0 Å². The van der Waals surface area contributed by atoms with E-state index in [1.54, 1.807) is 0 Å². The molecule has 2 aromatic rings. The van der Waals surface area contributed by atoms with Crippen molar-refractivity contribution in [1.29, 1.82) is 0 Å². The lowest BCUT2D eigenvalue weighted by molar-refractivity contribution is -0.671. The number of hydrogen-bond donors (Lipinski definition) is 0. The third-order valence-corrected chi connectivity index (χ3v) is 13.1.